The van der Waals surface area contributed by atoms with Crippen molar-refractivity contribution in [1.82, 2.24) is 14.9 Å². The number of hydrogen-bond acceptors (Lipinski definition) is 4. The van der Waals surface area contributed by atoms with E-state index in [-0.39, 0.29) is 11.8 Å². The number of rotatable bonds is 5. The maximum atomic E-state index is 12.6. The van der Waals surface area contributed by atoms with E-state index in [4.69, 9.17) is 9.72 Å². The first-order chi connectivity index (χ1) is 13.7. The van der Waals surface area contributed by atoms with E-state index in [1.807, 2.05) is 42.5 Å². The first kappa shape index (κ1) is 18.3. The number of carbonyl (C=O) groups excluding carboxylic acids is 1. The molecule has 1 aliphatic rings. The van der Waals surface area contributed by atoms with Crippen molar-refractivity contribution in [3.63, 3.8) is 0 Å². The first-order valence-electron chi connectivity index (χ1n) is 9.73. The number of benzene rings is 2. The molecular weight excluding hydrogens is 352 g/mol. The minimum Gasteiger partial charge on any atom is -0.497 e. The number of amides is 1. The third-order valence-corrected chi connectivity index (χ3v) is 5.51. The van der Waals surface area contributed by atoms with Gasteiger partial charge in [-0.25, -0.2) is 4.98 Å². The highest BCUT2D eigenvalue weighted by atomic mass is 16.5. The topological polar surface area (TPSA) is 59.4 Å². The van der Waals surface area contributed by atoms with Crippen LogP contribution in [0.25, 0.3) is 11.0 Å². The van der Waals surface area contributed by atoms with E-state index in [9.17, 15) is 4.79 Å². The van der Waals surface area contributed by atoms with Crippen molar-refractivity contribution >= 4 is 22.9 Å². The molecule has 1 fully saturated rings. The highest BCUT2D eigenvalue weighted by Gasteiger charge is 2.27. The summed E-state index contributed by atoms with van der Waals surface area (Å²) in [5.41, 5.74) is 3.19. The van der Waals surface area contributed by atoms with Crippen molar-refractivity contribution in [3.05, 3.63) is 54.1 Å². The van der Waals surface area contributed by atoms with Crippen molar-refractivity contribution in [2.24, 2.45) is 13.0 Å². The lowest BCUT2D eigenvalue weighted by Crippen LogP contribution is -2.41. The Morgan fingerprint density at radius 2 is 1.96 bits per heavy atom. The summed E-state index contributed by atoms with van der Waals surface area (Å²) in [6.07, 6.45) is 1.68. The highest BCUT2D eigenvalue weighted by molar-refractivity contribution is 5.80. The SMILES string of the molecule is COc1cccc(CNC(=O)C2CCN(c3nc4ccccc4n3C)CC2)c1. The molecule has 1 amide bonds. The molecule has 4 rings (SSSR count). The molecule has 1 saturated heterocycles. The molecule has 0 aliphatic carbocycles. The number of methoxy groups -OCH3 is 1. The number of fused-ring (bicyclic) bond motifs is 1. The van der Waals surface area contributed by atoms with E-state index in [1.54, 1.807) is 7.11 Å². The fourth-order valence-electron chi connectivity index (χ4n) is 3.87. The van der Waals surface area contributed by atoms with Gasteiger partial charge in [0.1, 0.15) is 5.75 Å². The van der Waals surface area contributed by atoms with Gasteiger partial charge in [0.15, 0.2) is 0 Å². The average Bonchev–Trinajstić information content (AvgIpc) is 3.09. The molecule has 3 aromatic rings. The molecule has 146 valence electrons. The molecule has 1 N–H and O–H groups in total. The predicted molar refractivity (Wildman–Crippen MR) is 110 cm³/mol. The maximum Gasteiger partial charge on any atom is 0.223 e. The Hall–Kier alpha value is -3.02. The van der Waals surface area contributed by atoms with Gasteiger partial charge in [0.2, 0.25) is 11.9 Å². The molecule has 1 aromatic heterocycles. The van der Waals surface area contributed by atoms with Crippen LogP contribution in [0.4, 0.5) is 5.95 Å². The molecule has 0 bridgehead atoms. The van der Waals surface area contributed by atoms with Gasteiger partial charge in [0.05, 0.1) is 18.1 Å². The van der Waals surface area contributed by atoms with Crippen LogP contribution in [0.1, 0.15) is 18.4 Å². The Morgan fingerprint density at radius 3 is 2.71 bits per heavy atom. The number of para-hydroxylation sites is 2. The van der Waals surface area contributed by atoms with E-state index in [1.165, 1.54) is 0 Å². The van der Waals surface area contributed by atoms with Gasteiger partial charge in [-0.15, -0.1) is 0 Å². The number of aromatic nitrogens is 2. The number of nitrogens with zero attached hydrogens (tertiary/aromatic N) is 3. The van der Waals surface area contributed by atoms with Crippen LogP contribution in [0.3, 0.4) is 0 Å². The summed E-state index contributed by atoms with van der Waals surface area (Å²) < 4.78 is 7.37. The number of hydrogen-bond donors (Lipinski definition) is 1. The number of carbonyl (C=O) groups is 1. The second-order valence-electron chi connectivity index (χ2n) is 7.29. The normalized spacial score (nSPS) is 15.0. The molecule has 2 aromatic carbocycles. The van der Waals surface area contributed by atoms with Crippen LogP contribution in [0, 0.1) is 5.92 Å². The predicted octanol–water partition coefficient (Wildman–Crippen LogP) is 3.11. The van der Waals surface area contributed by atoms with E-state index in [0.717, 1.165) is 54.2 Å². The van der Waals surface area contributed by atoms with Crippen LogP contribution in [0.5, 0.6) is 5.75 Å². The Kier molecular flexibility index (Phi) is 5.19. The summed E-state index contributed by atoms with van der Waals surface area (Å²) in [5, 5.41) is 3.07. The fraction of sp³-hybridized carbons (Fsp3) is 0.364. The molecule has 0 unspecified atom stereocenters. The van der Waals surface area contributed by atoms with E-state index >= 15 is 0 Å². The molecule has 1 aliphatic heterocycles. The van der Waals surface area contributed by atoms with Crippen LogP contribution < -0.4 is 15.0 Å². The standard InChI is InChI=1S/C22H26N4O2/c1-25-20-9-4-3-8-19(20)24-22(25)26-12-10-17(11-13-26)21(27)23-15-16-6-5-7-18(14-16)28-2/h3-9,14,17H,10-13,15H2,1-2H3,(H,23,27). The second kappa shape index (κ2) is 7.92. The third kappa shape index (κ3) is 3.67. The number of imidazole rings is 1. The maximum absolute atomic E-state index is 12.6. The van der Waals surface area contributed by atoms with Gasteiger partial charge in [0, 0.05) is 32.6 Å². The van der Waals surface area contributed by atoms with Gasteiger partial charge in [-0.1, -0.05) is 24.3 Å². The molecule has 0 saturated carbocycles. The molecule has 28 heavy (non-hydrogen) atoms. The molecule has 6 heteroatoms. The first-order valence-corrected chi connectivity index (χ1v) is 9.73. The number of piperidine rings is 1. The van der Waals surface area contributed by atoms with Crippen LogP contribution in [-0.4, -0.2) is 35.7 Å². The zero-order valence-corrected chi connectivity index (χ0v) is 16.4. The third-order valence-electron chi connectivity index (χ3n) is 5.51. The van der Waals surface area contributed by atoms with E-state index in [0.29, 0.717) is 6.54 Å². The van der Waals surface area contributed by atoms with Crippen LogP contribution >= 0.6 is 0 Å². The van der Waals surface area contributed by atoms with Crippen molar-refractivity contribution in [2.45, 2.75) is 19.4 Å². The number of nitrogens with one attached hydrogen (secondary N) is 1. The molecular formula is C22H26N4O2. The van der Waals surface area contributed by atoms with Gasteiger partial charge in [-0.05, 0) is 42.7 Å². The average molecular weight is 378 g/mol. The van der Waals surface area contributed by atoms with Gasteiger partial charge >= 0.3 is 0 Å². The quantitative estimate of drug-likeness (QED) is 0.741. The summed E-state index contributed by atoms with van der Waals surface area (Å²) >= 11 is 0. The fourth-order valence-corrected chi connectivity index (χ4v) is 3.87. The Bertz CT molecular complexity index is 974. The minimum atomic E-state index is 0.0524. The summed E-state index contributed by atoms with van der Waals surface area (Å²) in [7, 11) is 3.70. The lowest BCUT2D eigenvalue weighted by molar-refractivity contribution is -0.125. The van der Waals surface area contributed by atoms with Gasteiger partial charge in [0.25, 0.3) is 0 Å². The summed E-state index contributed by atoms with van der Waals surface area (Å²) in [6.45, 7) is 2.21. The molecule has 0 spiro atoms. The molecule has 0 atom stereocenters. The largest absolute Gasteiger partial charge is 0.497 e. The van der Waals surface area contributed by atoms with Gasteiger partial charge in [-0.3, -0.25) is 4.79 Å². The van der Waals surface area contributed by atoms with Gasteiger partial charge < -0.3 is 19.5 Å². The summed E-state index contributed by atoms with van der Waals surface area (Å²) in [5.74, 6) is 1.97. The lowest BCUT2D eigenvalue weighted by atomic mass is 9.96. The highest BCUT2D eigenvalue weighted by Crippen LogP contribution is 2.26. The Balaban J connectivity index is 1.34. The minimum absolute atomic E-state index is 0.0524. The zero-order chi connectivity index (χ0) is 19.5. The van der Waals surface area contributed by atoms with Gasteiger partial charge in [-0.2, -0.15) is 0 Å². The van der Waals surface area contributed by atoms with Crippen LogP contribution in [0.2, 0.25) is 0 Å². The lowest BCUT2D eigenvalue weighted by Gasteiger charge is -2.32. The Morgan fingerprint density at radius 1 is 1.18 bits per heavy atom. The van der Waals surface area contributed by atoms with Crippen molar-refractivity contribution < 1.29 is 9.53 Å². The van der Waals surface area contributed by atoms with Crippen molar-refractivity contribution in [2.75, 3.05) is 25.1 Å². The zero-order valence-electron chi connectivity index (χ0n) is 16.4. The summed E-state index contributed by atoms with van der Waals surface area (Å²) in [6, 6.07) is 16.0. The molecule has 2 heterocycles. The number of aryl methyl sites for hydroxylation is 1. The number of ether oxygens (including phenoxy) is 1. The monoisotopic (exact) mass is 378 g/mol. The Labute approximate surface area is 165 Å². The van der Waals surface area contributed by atoms with Crippen LogP contribution in [-0.2, 0) is 18.4 Å². The van der Waals surface area contributed by atoms with E-state index in [2.05, 4.69) is 27.9 Å². The molecule has 0 radical (unpaired) electrons. The van der Waals surface area contributed by atoms with Crippen molar-refractivity contribution in [1.29, 1.82) is 0 Å². The summed E-state index contributed by atoms with van der Waals surface area (Å²) in [4.78, 5) is 19.7. The number of anilines is 1. The smallest absolute Gasteiger partial charge is 0.223 e. The second-order valence-corrected chi connectivity index (χ2v) is 7.29. The molecule has 6 nitrogen and oxygen atoms in total. The van der Waals surface area contributed by atoms with Crippen molar-refractivity contribution in [3.8, 4) is 5.75 Å². The van der Waals surface area contributed by atoms with E-state index < -0.39 is 0 Å². The van der Waals surface area contributed by atoms with Crippen LogP contribution in [0.15, 0.2) is 48.5 Å².